The summed E-state index contributed by atoms with van der Waals surface area (Å²) in [6, 6.07) is 7.35. The fraction of sp³-hybridized carbons (Fsp3) is 0.700. The van der Waals surface area contributed by atoms with E-state index in [1.165, 1.54) is 0 Å². The number of nitrogens with one attached hydrogen (secondary N) is 1. The highest BCUT2D eigenvalue weighted by Crippen LogP contribution is 2.23. The Balaban J connectivity index is 2.13. The molecule has 1 aromatic carbocycles. The highest BCUT2D eigenvalue weighted by molar-refractivity contribution is 7.89. The predicted molar refractivity (Wildman–Crippen MR) is 108 cm³/mol. The molecule has 0 bridgehead atoms. The number of hydrogen-bond donors (Lipinski definition) is 1. The Kier molecular flexibility index (Phi) is 8.54. The minimum atomic E-state index is -3.45. The van der Waals surface area contributed by atoms with Gasteiger partial charge in [-0.05, 0) is 77.5 Å². The van der Waals surface area contributed by atoms with E-state index >= 15 is 0 Å². The topological polar surface area (TPSA) is 52.6 Å². The normalized spacial score (nSPS) is 16.5. The van der Waals surface area contributed by atoms with Crippen molar-refractivity contribution in [2.75, 3.05) is 39.3 Å². The first kappa shape index (κ1) is 21.4. The Labute approximate surface area is 159 Å². The lowest BCUT2D eigenvalue weighted by Crippen LogP contribution is -2.47. The molecule has 0 aliphatic carbocycles. The summed E-state index contributed by atoms with van der Waals surface area (Å²) in [6.45, 7) is 11.8. The minimum Gasteiger partial charge on any atom is -0.317 e. The molecule has 1 fully saturated rings. The van der Waals surface area contributed by atoms with E-state index in [9.17, 15) is 8.42 Å². The van der Waals surface area contributed by atoms with Gasteiger partial charge < -0.3 is 10.2 Å². The second-order valence-electron chi connectivity index (χ2n) is 7.20. The summed E-state index contributed by atoms with van der Waals surface area (Å²) in [5, 5.41) is 3.34. The van der Waals surface area contributed by atoms with E-state index in [0.29, 0.717) is 11.4 Å². The third-order valence-electron chi connectivity index (χ3n) is 5.18. The van der Waals surface area contributed by atoms with Crippen molar-refractivity contribution in [3.63, 3.8) is 0 Å². The molecule has 148 valence electrons. The predicted octanol–water partition coefficient (Wildman–Crippen LogP) is 2.86. The van der Waals surface area contributed by atoms with Crippen LogP contribution in [0.5, 0.6) is 0 Å². The summed E-state index contributed by atoms with van der Waals surface area (Å²) >= 11 is 0. The lowest BCUT2D eigenvalue weighted by Gasteiger charge is -2.34. The Morgan fingerprint density at radius 1 is 1.04 bits per heavy atom. The zero-order chi connectivity index (χ0) is 19.0. The van der Waals surface area contributed by atoms with Crippen LogP contribution in [0.1, 0.15) is 45.1 Å². The SMILES string of the molecule is CCCN(CC)CCCN(C1CCNCC1)S(=O)(=O)c1ccc(C)cc1. The number of hydrogen-bond acceptors (Lipinski definition) is 4. The third-order valence-corrected chi connectivity index (χ3v) is 7.15. The van der Waals surface area contributed by atoms with Gasteiger partial charge in [-0.15, -0.1) is 0 Å². The van der Waals surface area contributed by atoms with Crippen LogP contribution >= 0.6 is 0 Å². The molecule has 0 amide bonds. The number of piperidine rings is 1. The van der Waals surface area contributed by atoms with Gasteiger partial charge in [-0.1, -0.05) is 31.5 Å². The second kappa shape index (κ2) is 10.4. The van der Waals surface area contributed by atoms with Gasteiger partial charge >= 0.3 is 0 Å². The van der Waals surface area contributed by atoms with Crippen LogP contribution in [0.3, 0.4) is 0 Å². The minimum absolute atomic E-state index is 0.101. The smallest absolute Gasteiger partial charge is 0.243 e. The molecule has 1 aromatic rings. The average Bonchev–Trinajstić information content (AvgIpc) is 2.65. The summed E-state index contributed by atoms with van der Waals surface area (Å²) in [6.07, 6.45) is 3.78. The molecular weight excluding hydrogens is 346 g/mol. The summed E-state index contributed by atoms with van der Waals surface area (Å²) in [7, 11) is -3.45. The van der Waals surface area contributed by atoms with Crippen LogP contribution in [-0.2, 0) is 10.0 Å². The molecule has 6 heteroatoms. The van der Waals surface area contributed by atoms with Crippen molar-refractivity contribution in [1.82, 2.24) is 14.5 Å². The fourth-order valence-corrected chi connectivity index (χ4v) is 5.36. The van der Waals surface area contributed by atoms with E-state index in [2.05, 4.69) is 24.1 Å². The molecule has 0 spiro atoms. The molecule has 0 saturated carbocycles. The van der Waals surface area contributed by atoms with Crippen LogP contribution < -0.4 is 5.32 Å². The maximum absolute atomic E-state index is 13.3. The molecule has 0 aromatic heterocycles. The van der Waals surface area contributed by atoms with Crippen molar-refractivity contribution in [3.8, 4) is 0 Å². The van der Waals surface area contributed by atoms with E-state index in [-0.39, 0.29) is 6.04 Å². The van der Waals surface area contributed by atoms with Crippen molar-refractivity contribution in [1.29, 1.82) is 0 Å². The number of rotatable bonds is 10. The van der Waals surface area contributed by atoms with Gasteiger partial charge in [0, 0.05) is 12.6 Å². The summed E-state index contributed by atoms with van der Waals surface area (Å²) in [4.78, 5) is 2.82. The average molecular weight is 382 g/mol. The number of sulfonamides is 1. The van der Waals surface area contributed by atoms with E-state index in [4.69, 9.17) is 0 Å². The summed E-state index contributed by atoms with van der Waals surface area (Å²) < 4.78 is 28.4. The van der Waals surface area contributed by atoms with Gasteiger partial charge in [-0.25, -0.2) is 8.42 Å². The molecule has 26 heavy (non-hydrogen) atoms. The number of benzene rings is 1. The third kappa shape index (κ3) is 5.78. The number of nitrogens with zero attached hydrogens (tertiary/aromatic N) is 2. The van der Waals surface area contributed by atoms with Crippen LogP contribution in [0.25, 0.3) is 0 Å². The quantitative estimate of drug-likeness (QED) is 0.677. The van der Waals surface area contributed by atoms with Crippen LogP contribution in [0.2, 0.25) is 0 Å². The van der Waals surface area contributed by atoms with E-state index < -0.39 is 10.0 Å². The van der Waals surface area contributed by atoms with Crippen molar-refractivity contribution in [2.45, 2.75) is 57.4 Å². The Morgan fingerprint density at radius 3 is 2.27 bits per heavy atom. The van der Waals surface area contributed by atoms with Crippen LogP contribution in [-0.4, -0.2) is 62.9 Å². The van der Waals surface area contributed by atoms with Crippen molar-refractivity contribution in [2.24, 2.45) is 0 Å². The maximum atomic E-state index is 13.3. The molecule has 1 saturated heterocycles. The lowest BCUT2D eigenvalue weighted by atomic mass is 10.1. The largest absolute Gasteiger partial charge is 0.317 e. The molecule has 1 aliphatic heterocycles. The summed E-state index contributed by atoms with van der Waals surface area (Å²) in [5.41, 5.74) is 1.08. The number of aryl methyl sites for hydroxylation is 1. The first-order chi connectivity index (χ1) is 12.5. The van der Waals surface area contributed by atoms with Gasteiger partial charge in [-0.3, -0.25) is 0 Å². The zero-order valence-corrected chi connectivity index (χ0v) is 17.4. The summed E-state index contributed by atoms with van der Waals surface area (Å²) in [5.74, 6) is 0. The highest BCUT2D eigenvalue weighted by Gasteiger charge is 2.31. The second-order valence-corrected chi connectivity index (χ2v) is 9.09. The van der Waals surface area contributed by atoms with Gasteiger partial charge in [0.25, 0.3) is 0 Å². The van der Waals surface area contributed by atoms with Gasteiger partial charge in [0.1, 0.15) is 0 Å². The standard InChI is InChI=1S/C20H35N3O2S/c1-4-15-22(5-2)16-6-17-23(19-11-13-21-14-12-19)26(24,25)20-9-7-18(3)8-10-20/h7-10,19,21H,4-6,11-17H2,1-3H3. The highest BCUT2D eigenvalue weighted by atomic mass is 32.2. The Morgan fingerprint density at radius 2 is 1.69 bits per heavy atom. The van der Waals surface area contributed by atoms with Gasteiger partial charge in [-0.2, -0.15) is 4.31 Å². The van der Waals surface area contributed by atoms with Crippen molar-refractivity contribution >= 4 is 10.0 Å². The first-order valence-corrected chi connectivity index (χ1v) is 11.4. The molecule has 1 N–H and O–H groups in total. The Bertz CT molecular complexity index is 625. The van der Waals surface area contributed by atoms with E-state index in [0.717, 1.165) is 64.0 Å². The lowest BCUT2D eigenvalue weighted by molar-refractivity contribution is 0.233. The fourth-order valence-electron chi connectivity index (χ4n) is 3.63. The van der Waals surface area contributed by atoms with Crippen LogP contribution in [0.4, 0.5) is 0 Å². The van der Waals surface area contributed by atoms with E-state index in [1.807, 2.05) is 19.1 Å². The molecule has 1 heterocycles. The van der Waals surface area contributed by atoms with Crippen molar-refractivity contribution in [3.05, 3.63) is 29.8 Å². The molecule has 1 aliphatic rings. The first-order valence-electron chi connectivity index (χ1n) is 10.0. The monoisotopic (exact) mass is 381 g/mol. The maximum Gasteiger partial charge on any atom is 0.243 e. The molecule has 0 atom stereocenters. The van der Waals surface area contributed by atoms with E-state index in [1.54, 1.807) is 16.4 Å². The van der Waals surface area contributed by atoms with Gasteiger partial charge in [0.2, 0.25) is 10.0 Å². The van der Waals surface area contributed by atoms with Crippen LogP contribution in [0.15, 0.2) is 29.2 Å². The van der Waals surface area contributed by atoms with Gasteiger partial charge in [0.05, 0.1) is 4.90 Å². The molecule has 5 nitrogen and oxygen atoms in total. The molecular formula is C20H35N3O2S. The molecule has 0 radical (unpaired) electrons. The molecule has 2 rings (SSSR count). The zero-order valence-electron chi connectivity index (χ0n) is 16.6. The van der Waals surface area contributed by atoms with Crippen molar-refractivity contribution < 1.29 is 8.42 Å². The van der Waals surface area contributed by atoms with Crippen LogP contribution in [0, 0.1) is 6.92 Å². The molecule has 0 unspecified atom stereocenters. The Hall–Kier alpha value is -0.950. The van der Waals surface area contributed by atoms with Gasteiger partial charge in [0.15, 0.2) is 0 Å².